The van der Waals surface area contributed by atoms with Gasteiger partial charge < -0.3 is 10.2 Å². The van der Waals surface area contributed by atoms with E-state index in [9.17, 15) is 4.79 Å². The molecule has 0 saturated carbocycles. The van der Waals surface area contributed by atoms with Crippen molar-refractivity contribution in [2.75, 3.05) is 13.1 Å². The van der Waals surface area contributed by atoms with Gasteiger partial charge in [-0.3, -0.25) is 4.79 Å². The van der Waals surface area contributed by atoms with Crippen LogP contribution >= 0.6 is 0 Å². The Morgan fingerprint density at radius 3 is 2.42 bits per heavy atom. The molecule has 0 bridgehead atoms. The molecular weight excluding hydrogens is 236 g/mol. The third kappa shape index (κ3) is 6.42. The summed E-state index contributed by atoms with van der Waals surface area (Å²) in [6, 6.07) is 0.979. The number of unbranched alkanes of at least 4 members (excludes halogenated alkanes) is 1. The minimum absolute atomic E-state index is 0.229. The minimum Gasteiger partial charge on any atom is -0.354 e. The first-order valence-corrected chi connectivity index (χ1v) is 8.06. The van der Waals surface area contributed by atoms with E-state index < -0.39 is 0 Å². The largest absolute Gasteiger partial charge is 0.354 e. The van der Waals surface area contributed by atoms with Gasteiger partial charge in [0.15, 0.2) is 0 Å². The maximum atomic E-state index is 11.8. The molecule has 19 heavy (non-hydrogen) atoms. The van der Waals surface area contributed by atoms with Crippen LogP contribution in [-0.4, -0.2) is 36.0 Å². The fourth-order valence-electron chi connectivity index (χ4n) is 2.92. The number of nitrogens with zero attached hydrogens (tertiary/aromatic N) is 1. The molecule has 1 saturated heterocycles. The van der Waals surface area contributed by atoms with Gasteiger partial charge in [0.2, 0.25) is 5.91 Å². The molecule has 112 valence electrons. The van der Waals surface area contributed by atoms with Crippen molar-refractivity contribution in [3.05, 3.63) is 0 Å². The Morgan fingerprint density at radius 1 is 1.26 bits per heavy atom. The third-order valence-electron chi connectivity index (χ3n) is 4.17. The molecule has 0 aromatic heterocycles. The minimum atomic E-state index is 0.229. The van der Waals surface area contributed by atoms with Crippen molar-refractivity contribution in [2.45, 2.75) is 78.3 Å². The molecule has 1 N–H and O–H groups in total. The van der Waals surface area contributed by atoms with E-state index >= 15 is 0 Å². The van der Waals surface area contributed by atoms with Crippen molar-refractivity contribution in [1.82, 2.24) is 10.2 Å². The van der Waals surface area contributed by atoms with Gasteiger partial charge in [-0.15, -0.1) is 0 Å². The maximum Gasteiger partial charge on any atom is 0.220 e. The highest BCUT2D eigenvalue weighted by atomic mass is 16.1. The van der Waals surface area contributed by atoms with Gasteiger partial charge in [0, 0.05) is 18.5 Å². The van der Waals surface area contributed by atoms with Gasteiger partial charge in [-0.1, -0.05) is 19.8 Å². The Balaban J connectivity index is 2.23. The van der Waals surface area contributed by atoms with Crippen molar-refractivity contribution in [1.29, 1.82) is 0 Å². The van der Waals surface area contributed by atoms with Gasteiger partial charge in [0.25, 0.3) is 0 Å². The quantitative estimate of drug-likeness (QED) is 0.769. The summed E-state index contributed by atoms with van der Waals surface area (Å²) < 4.78 is 0. The predicted octanol–water partition coefficient (Wildman–Crippen LogP) is 3.19. The Labute approximate surface area is 119 Å². The molecule has 1 fully saturated rings. The average Bonchev–Trinajstić information content (AvgIpc) is 2.35. The van der Waals surface area contributed by atoms with Gasteiger partial charge in [0.1, 0.15) is 0 Å². The SMILES string of the molecule is CCCCC(C)N1CCC(CC(=O)NC(C)C)CC1. The van der Waals surface area contributed by atoms with Crippen LogP contribution in [0.25, 0.3) is 0 Å². The van der Waals surface area contributed by atoms with Gasteiger partial charge >= 0.3 is 0 Å². The molecule has 1 aliphatic rings. The fraction of sp³-hybridized carbons (Fsp3) is 0.938. The van der Waals surface area contributed by atoms with Crippen LogP contribution in [0.1, 0.15) is 66.2 Å². The lowest BCUT2D eigenvalue weighted by atomic mass is 9.92. The standard InChI is InChI=1S/C16H32N2O/c1-5-6-7-14(4)18-10-8-15(9-11-18)12-16(19)17-13(2)3/h13-15H,5-12H2,1-4H3,(H,17,19). The summed E-state index contributed by atoms with van der Waals surface area (Å²) >= 11 is 0. The molecule has 1 atom stereocenters. The van der Waals surface area contributed by atoms with Crippen LogP contribution in [0.15, 0.2) is 0 Å². The molecule has 0 aromatic carbocycles. The molecule has 0 radical (unpaired) electrons. The molecule has 1 unspecified atom stereocenters. The predicted molar refractivity (Wildman–Crippen MR) is 81.2 cm³/mol. The molecular formula is C16H32N2O. The summed E-state index contributed by atoms with van der Waals surface area (Å²) in [5.74, 6) is 0.820. The molecule has 1 aliphatic heterocycles. The second kappa shape index (κ2) is 8.57. The molecule has 0 aromatic rings. The average molecular weight is 268 g/mol. The first kappa shape index (κ1) is 16.5. The smallest absolute Gasteiger partial charge is 0.220 e. The van der Waals surface area contributed by atoms with Crippen molar-refractivity contribution in [2.24, 2.45) is 5.92 Å². The van der Waals surface area contributed by atoms with E-state index in [1.54, 1.807) is 0 Å². The van der Waals surface area contributed by atoms with E-state index in [-0.39, 0.29) is 11.9 Å². The van der Waals surface area contributed by atoms with E-state index in [4.69, 9.17) is 0 Å². The number of hydrogen-bond acceptors (Lipinski definition) is 2. The van der Waals surface area contributed by atoms with Crippen molar-refractivity contribution < 1.29 is 4.79 Å². The summed E-state index contributed by atoms with van der Waals surface area (Å²) in [6.07, 6.45) is 7.02. The second-order valence-corrected chi connectivity index (χ2v) is 6.40. The number of rotatable bonds is 7. The Morgan fingerprint density at radius 2 is 1.89 bits per heavy atom. The monoisotopic (exact) mass is 268 g/mol. The number of nitrogens with one attached hydrogen (secondary N) is 1. The van der Waals surface area contributed by atoms with Crippen LogP contribution in [-0.2, 0) is 4.79 Å². The Hall–Kier alpha value is -0.570. The van der Waals surface area contributed by atoms with Crippen LogP contribution in [0, 0.1) is 5.92 Å². The van der Waals surface area contributed by atoms with E-state index in [2.05, 4.69) is 24.1 Å². The maximum absolute atomic E-state index is 11.8. The molecule has 3 nitrogen and oxygen atoms in total. The Kier molecular flexibility index (Phi) is 7.44. The molecule has 1 heterocycles. The second-order valence-electron chi connectivity index (χ2n) is 6.40. The van der Waals surface area contributed by atoms with Gasteiger partial charge in [-0.25, -0.2) is 0 Å². The first-order valence-electron chi connectivity index (χ1n) is 8.06. The zero-order valence-electron chi connectivity index (χ0n) is 13.2. The summed E-state index contributed by atoms with van der Waals surface area (Å²) in [6.45, 7) is 11.0. The number of carbonyl (C=O) groups is 1. The number of carbonyl (C=O) groups excluding carboxylic acids is 1. The molecule has 1 amide bonds. The van der Waals surface area contributed by atoms with Crippen LogP contribution in [0.4, 0.5) is 0 Å². The molecule has 1 rings (SSSR count). The van der Waals surface area contributed by atoms with Crippen molar-refractivity contribution in [3.63, 3.8) is 0 Å². The van der Waals surface area contributed by atoms with Crippen LogP contribution in [0.3, 0.4) is 0 Å². The topological polar surface area (TPSA) is 32.3 Å². The van der Waals surface area contributed by atoms with Gasteiger partial charge in [-0.05, 0) is 59.0 Å². The lowest BCUT2D eigenvalue weighted by molar-refractivity contribution is -0.122. The lowest BCUT2D eigenvalue weighted by Gasteiger charge is -2.36. The van der Waals surface area contributed by atoms with E-state index in [1.807, 2.05) is 13.8 Å². The van der Waals surface area contributed by atoms with Crippen molar-refractivity contribution in [3.8, 4) is 0 Å². The number of likely N-dealkylation sites (tertiary alicyclic amines) is 1. The summed E-state index contributed by atoms with van der Waals surface area (Å²) in [5, 5.41) is 3.00. The number of piperidine rings is 1. The normalized spacial score (nSPS) is 19.6. The van der Waals surface area contributed by atoms with E-state index in [0.29, 0.717) is 12.0 Å². The Bertz CT molecular complexity index is 257. The fourth-order valence-corrected chi connectivity index (χ4v) is 2.92. The van der Waals surface area contributed by atoms with Crippen LogP contribution in [0.2, 0.25) is 0 Å². The third-order valence-corrected chi connectivity index (χ3v) is 4.17. The molecule has 0 spiro atoms. The van der Waals surface area contributed by atoms with Crippen LogP contribution in [0.5, 0.6) is 0 Å². The van der Waals surface area contributed by atoms with E-state index in [0.717, 1.165) is 6.42 Å². The number of amides is 1. The summed E-state index contributed by atoms with van der Waals surface area (Å²) in [7, 11) is 0. The van der Waals surface area contributed by atoms with Crippen LogP contribution < -0.4 is 5.32 Å². The number of hydrogen-bond donors (Lipinski definition) is 1. The first-order chi connectivity index (χ1) is 9.02. The lowest BCUT2D eigenvalue weighted by Crippen LogP contribution is -2.41. The van der Waals surface area contributed by atoms with Gasteiger partial charge in [0.05, 0.1) is 0 Å². The van der Waals surface area contributed by atoms with Crippen molar-refractivity contribution >= 4 is 5.91 Å². The van der Waals surface area contributed by atoms with E-state index in [1.165, 1.54) is 45.2 Å². The van der Waals surface area contributed by atoms with Gasteiger partial charge in [-0.2, -0.15) is 0 Å². The zero-order chi connectivity index (χ0) is 14.3. The zero-order valence-corrected chi connectivity index (χ0v) is 13.2. The molecule has 3 heteroatoms. The highest BCUT2D eigenvalue weighted by Gasteiger charge is 2.24. The summed E-state index contributed by atoms with van der Waals surface area (Å²) in [4.78, 5) is 14.4. The molecule has 0 aliphatic carbocycles. The summed E-state index contributed by atoms with van der Waals surface area (Å²) in [5.41, 5.74) is 0. The highest BCUT2D eigenvalue weighted by Crippen LogP contribution is 2.23. The highest BCUT2D eigenvalue weighted by molar-refractivity contribution is 5.76.